The van der Waals surface area contributed by atoms with Crippen LogP contribution in [-0.2, 0) is 0 Å². The lowest BCUT2D eigenvalue weighted by Gasteiger charge is -2.07. The van der Waals surface area contributed by atoms with Crippen molar-refractivity contribution in [3.63, 3.8) is 0 Å². The number of phenols is 1. The fourth-order valence-corrected chi connectivity index (χ4v) is 1.83. The molecule has 0 bridgehead atoms. The smallest absolute Gasteiger partial charge is 0.335 e. The molecule has 0 atom stereocenters. The van der Waals surface area contributed by atoms with Gasteiger partial charge in [0, 0.05) is 11.3 Å². The van der Waals surface area contributed by atoms with Crippen molar-refractivity contribution in [2.75, 3.05) is 5.32 Å². The molecule has 5 nitrogen and oxygen atoms in total. The van der Waals surface area contributed by atoms with Crippen LogP contribution in [0, 0.1) is 0 Å². The Morgan fingerprint density at radius 2 is 1.80 bits per heavy atom. The Morgan fingerprint density at radius 1 is 1.05 bits per heavy atom. The van der Waals surface area contributed by atoms with Gasteiger partial charge in [0.1, 0.15) is 5.75 Å². The van der Waals surface area contributed by atoms with Crippen LogP contribution in [0.15, 0.2) is 46.9 Å². The van der Waals surface area contributed by atoms with E-state index in [-0.39, 0.29) is 16.9 Å². The number of nitrogens with one attached hydrogen (secondary N) is 1. The summed E-state index contributed by atoms with van der Waals surface area (Å²) < 4.78 is 0.488. The molecule has 0 saturated heterocycles. The quantitative estimate of drug-likeness (QED) is 0.804. The van der Waals surface area contributed by atoms with Crippen molar-refractivity contribution < 1.29 is 19.8 Å². The van der Waals surface area contributed by atoms with Crippen molar-refractivity contribution in [1.82, 2.24) is 0 Å². The largest absolute Gasteiger partial charge is 0.507 e. The maximum absolute atomic E-state index is 12.0. The molecule has 0 fully saturated rings. The molecular weight excluding hydrogens is 326 g/mol. The summed E-state index contributed by atoms with van der Waals surface area (Å²) in [5.41, 5.74) is 0.727. The summed E-state index contributed by atoms with van der Waals surface area (Å²) in [5.74, 6) is -1.55. The van der Waals surface area contributed by atoms with Gasteiger partial charge in [-0.3, -0.25) is 4.79 Å². The number of aromatic carboxylic acids is 1. The molecule has 3 N–H and O–H groups in total. The number of benzene rings is 2. The minimum atomic E-state index is -1.07. The lowest BCUT2D eigenvalue weighted by Crippen LogP contribution is -2.12. The lowest BCUT2D eigenvalue weighted by molar-refractivity contribution is 0.0696. The number of carbonyl (C=O) groups is 2. The van der Waals surface area contributed by atoms with Crippen molar-refractivity contribution in [2.45, 2.75) is 0 Å². The predicted octanol–water partition coefficient (Wildman–Crippen LogP) is 3.11. The molecule has 6 heteroatoms. The van der Waals surface area contributed by atoms with E-state index in [1.165, 1.54) is 24.3 Å². The molecule has 0 aromatic heterocycles. The second kappa shape index (κ2) is 5.75. The summed E-state index contributed by atoms with van der Waals surface area (Å²) >= 11 is 3.12. The summed E-state index contributed by atoms with van der Waals surface area (Å²) in [6, 6.07) is 10.3. The van der Waals surface area contributed by atoms with E-state index >= 15 is 0 Å². The van der Waals surface area contributed by atoms with Gasteiger partial charge < -0.3 is 15.5 Å². The number of amides is 1. The van der Waals surface area contributed by atoms with Gasteiger partial charge in [0.25, 0.3) is 5.91 Å². The van der Waals surface area contributed by atoms with Crippen LogP contribution in [0.1, 0.15) is 20.7 Å². The second-order valence-electron chi connectivity index (χ2n) is 4.01. The van der Waals surface area contributed by atoms with Gasteiger partial charge in [0.2, 0.25) is 0 Å². The lowest BCUT2D eigenvalue weighted by atomic mass is 10.1. The minimum absolute atomic E-state index is 0.0445. The summed E-state index contributed by atoms with van der Waals surface area (Å²) in [6.07, 6.45) is 0. The van der Waals surface area contributed by atoms with Crippen LogP contribution in [0.3, 0.4) is 0 Å². The number of rotatable bonds is 3. The zero-order valence-corrected chi connectivity index (χ0v) is 11.7. The van der Waals surface area contributed by atoms with Crippen molar-refractivity contribution in [1.29, 1.82) is 0 Å². The van der Waals surface area contributed by atoms with E-state index < -0.39 is 11.9 Å². The molecule has 0 aliphatic carbocycles. The standard InChI is InChI=1S/C14H10BrNO4/c15-11-5-4-8(7-12(11)17)13(18)16-10-3-1-2-9(6-10)14(19)20/h1-7,17H,(H,16,18)(H,19,20). The Bertz CT molecular complexity index is 685. The molecule has 2 aromatic carbocycles. The summed E-state index contributed by atoms with van der Waals surface area (Å²) in [6.45, 7) is 0. The highest BCUT2D eigenvalue weighted by molar-refractivity contribution is 9.10. The van der Waals surface area contributed by atoms with E-state index in [0.717, 1.165) is 0 Å². The molecule has 0 saturated carbocycles. The zero-order valence-electron chi connectivity index (χ0n) is 10.1. The van der Waals surface area contributed by atoms with Crippen LogP contribution < -0.4 is 5.32 Å². The molecule has 0 aliphatic heterocycles. The first-order valence-electron chi connectivity index (χ1n) is 5.60. The van der Waals surface area contributed by atoms with E-state index in [2.05, 4.69) is 21.2 Å². The number of aromatic hydroxyl groups is 1. The Kier molecular flexibility index (Phi) is 4.05. The van der Waals surface area contributed by atoms with Gasteiger partial charge in [-0.05, 0) is 52.3 Å². The number of hydrogen-bond donors (Lipinski definition) is 3. The van der Waals surface area contributed by atoms with Gasteiger partial charge >= 0.3 is 5.97 Å². The van der Waals surface area contributed by atoms with Gasteiger partial charge in [0.05, 0.1) is 10.0 Å². The fourth-order valence-electron chi connectivity index (χ4n) is 1.59. The Labute approximate surface area is 123 Å². The molecule has 20 heavy (non-hydrogen) atoms. The van der Waals surface area contributed by atoms with Crippen LogP contribution in [0.4, 0.5) is 5.69 Å². The first-order chi connectivity index (χ1) is 9.47. The van der Waals surface area contributed by atoms with Crippen molar-refractivity contribution in [2.24, 2.45) is 0 Å². The molecule has 0 heterocycles. The molecule has 1 amide bonds. The summed E-state index contributed by atoms with van der Waals surface area (Å²) in [7, 11) is 0. The first-order valence-corrected chi connectivity index (χ1v) is 6.40. The van der Waals surface area contributed by atoms with Crippen molar-refractivity contribution >= 4 is 33.5 Å². The van der Waals surface area contributed by atoms with Crippen LogP contribution in [0.5, 0.6) is 5.75 Å². The van der Waals surface area contributed by atoms with Gasteiger partial charge in [0.15, 0.2) is 0 Å². The molecule has 0 aliphatic rings. The molecule has 0 radical (unpaired) electrons. The third-order valence-corrected chi connectivity index (χ3v) is 3.25. The summed E-state index contributed by atoms with van der Waals surface area (Å²) in [5, 5.41) is 21.0. The number of carboxylic acid groups (broad SMARTS) is 1. The average Bonchev–Trinajstić information content (AvgIpc) is 2.42. The van der Waals surface area contributed by atoms with Crippen molar-refractivity contribution in [3.8, 4) is 5.75 Å². The molecule has 2 rings (SSSR count). The number of hydrogen-bond acceptors (Lipinski definition) is 3. The third-order valence-electron chi connectivity index (χ3n) is 2.58. The number of carboxylic acids is 1. The maximum atomic E-state index is 12.0. The van der Waals surface area contributed by atoms with Gasteiger partial charge in [-0.1, -0.05) is 6.07 Å². The van der Waals surface area contributed by atoms with Gasteiger partial charge in [-0.2, -0.15) is 0 Å². The highest BCUT2D eigenvalue weighted by Crippen LogP contribution is 2.24. The topological polar surface area (TPSA) is 86.6 Å². The Balaban J connectivity index is 2.21. The van der Waals surface area contributed by atoms with E-state index in [0.29, 0.717) is 10.2 Å². The monoisotopic (exact) mass is 335 g/mol. The molecule has 0 unspecified atom stereocenters. The Hall–Kier alpha value is -2.34. The number of phenolic OH excluding ortho intramolecular Hbond substituents is 1. The van der Waals surface area contributed by atoms with Crippen molar-refractivity contribution in [3.05, 3.63) is 58.1 Å². The highest BCUT2D eigenvalue weighted by Gasteiger charge is 2.10. The minimum Gasteiger partial charge on any atom is -0.507 e. The zero-order chi connectivity index (χ0) is 14.7. The van der Waals surface area contributed by atoms with E-state index in [9.17, 15) is 14.7 Å². The van der Waals surface area contributed by atoms with E-state index in [4.69, 9.17) is 5.11 Å². The Morgan fingerprint density at radius 3 is 2.45 bits per heavy atom. The van der Waals surface area contributed by atoms with Crippen LogP contribution in [0.2, 0.25) is 0 Å². The number of anilines is 1. The first kappa shape index (κ1) is 14.1. The molecule has 102 valence electrons. The van der Waals surface area contributed by atoms with E-state index in [1.807, 2.05) is 0 Å². The van der Waals surface area contributed by atoms with Crippen LogP contribution in [0.25, 0.3) is 0 Å². The molecule has 0 spiro atoms. The summed E-state index contributed by atoms with van der Waals surface area (Å²) in [4.78, 5) is 22.8. The number of carbonyl (C=O) groups excluding carboxylic acids is 1. The SMILES string of the molecule is O=C(O)c1cccc(NC(=O)c2ccc(Br)c(O)c2)c1. The molecule has 2 aromatic rings. The van der Waals surface area contributed by atoms with Gasteiger partial charge in [-0.25, -0.2) is 4.79 Å². The van der Waals surface area contributed by atoms with Crippen LogP contribution >= 0.6 is 15.9 Å². The fraction of sp³-hybridized carbons (Fsp3) is 0. The predicted molar refractivity (Wildman–Crippen MR) is 77.2 cm³/mol. The second-order valence-corrected chi connectivity index (χ2v) is 4.86. The number of halogens is 1. The van der Waals surface area contributed by atoms with Crippen LogP contribution in [-0.4, -0.2) is 22.1 Å². The van der Waals surface area contributed by atoms with Gasteiger partial charge in [-0.15, -0.1) is 0 Å². The molecular formula is C14H10BrNO4. The van der Waals surface area contributed by atoms with E-state index in [1.54, 1.807) is 18.2 Å². The normalized spacial score (nSPS) is 10.1. The highest BCUT2D eigenvalue weighted by atomic mass is 79.9. The maximum Gasteiger partial charge on any atom is 0.335 e. The third kappa shape index (κ3) is 3.16. The average molecular weight is 336 g/mol.